The number of nitrogens with zero attached hydrogens (tertiary/aromatic N) is 1. The molecule has 2 nitrogen and oxygen atoms in total. The van der Waals surface area contributed by atoms with E-state index in [1.54, 1.807) is 0 Å². The van der Waals surface area contributed by atoms with Crippen LogP contribution in [0.1, 0.15) is 24.9 Å². The highest BCUT2D eigenvalue weighted by molar-refractivity contribution is 6.30. The molecule has 1 aromatic carbocycles. The molecule has 1 saturated heterocycles. The lowest BCUT2D eigenvalue weighted by Crippen LogP contribution is -2.45. The van der Waals surface area contributed by atoms with Crippen molar-refractivity contribution in [3.05, 3.63) is 46.5 Å². The number of rotatable bonds is 4. The van der Waals surface area contributed by atoms with Gasteiger partial charge in [-0.3, -0.25) is 4.90 Å². The number of halogens is 5. The molecule has 1 heterocycles. The van der Waals surface area contributed by atoms with Crippen LogP contribution in [-0.4, -0.2) is 31.1 Å². The smallest absolute Gasteiger partial charge is 0.132 e. The third-order valence-corrected chi connectivity index (χ3v) is 3.73. The molecule has 0 bridgehead atoms. The monoisotopic (exact) mass is 372 g/mol. The molecule has 0 spiro atoms. The lowest BCUT2D eigenvalue weighted by molar-refractivity contribution is 0.166. The molecule has 1 aliphatic rings. The van der Waals surface area contributed by atoms with Crippen LogP contribution in [0.2, 0.25) is 5.02 Å². The molecular formula is C15H21Cl3F2N2. The van der Waals surface area contributed by atoms with Crippen molar-refractivity contribution in [2.24, 2.45) is 0 Å². The fraction of sp³-hybridized carbons (Fsp3) is 0.467. The van der Waals surface area contributed by atoms with Gasteiger partial charge in [0.25, 0.3) is 0 Å². The van der Waals surface area contributed by atoms with Crippen LogP contribution in [0.5, 0.6) is 0 Å². The molecule has 1 fully saturated rings. The van der Waals surface area contributed by atoms with E-state index in [9.17, 15) is 8.78 Å². The molecule has 7 heteroatoms. The van der Waals surface area contributed by atoms with Crippen LogP contribution >= 0.6 is 36.4 Å². The lowest BCUT2D eigenvalue weighted by atomic mass is 9.97. The number of hydrogen-bond donors (Lipinski definition) is 1. The van der Waals surface area contributed by atoms with Crippen LogP contribution in [0.3, 0.4) is 0 Å². The van der Waals surface area contributed by atoms with Gasteiger partial charge in [-0.25, -0.2) is 8.78 Å². The first-order chi connectivity index (χ1) is 9.49. The minimum absolute atomic E-state index is 0. The molecule has 0 aromatic heterocycles. The Bertz CT molecular complexity index is 483. The summed E-state index contributed by atoms with van der Waals surface area (Å²) in [7, 11) is 0. The normalized spacial score (nSPS) is 16.4. The van der Waals surface area contributed by atoms with Gasteiger partial charge in [0.2, 0.25) is 0 Å². The summed E-state index contributed by atoms with van der Waals surface area (Å²) in [6, 6.07) is 2.02. The molecule has 126 valence electrons. The first-order valence-electron chi connectivity index (χ1n) is 6.72. The van der Waals surface area contributed by atoms with Crippen molar-refractivity contribution in [1.82, 2.24) is 10.2 Å². The van der Waals surface area contributed by atoms with Gasteiger partial charge in [-0.05, 0) is 25.5 Å². The Balaban J connectivity index is 0.00000220. The first kappa shape index (κ1) is 21.6. The second-order valence-corrected chi connectivity index (χ2v) is 5.68. The lowest BCUT2D eigenvalue weighted by Gasteiger charge is -2.35. The van der Waals surface area contributed by atoms with Gasteiger partial charge in [-0.1, -0.05) is 17.2 Å². The van der Waals surface area contributed by atoms with Crippen LogP contribution in [0.4, 0.5) is 8.78 Å². The van der Waals surface area contributed by atoms with Crippen molar-refractivity contribution in [1.29, 1.82) is 0 Å². The van der Waals surface area contributed by atoms with Gasteiger partial charge in [-0.2, -0.15) is 0 Å². The predicted octanol–water partition coefficient (Wildman–Crippen LogP) is 4.37. The van der Waals surface area contributed by atoms with E-state index in [4.69, 9.17) is 11.6 Å². The van der Waals surface area contributed by atoms with E-state index >= 15 is 0 Å². The van der Waals surface area contributed by atoms with Gasteiger partial charge >= 0.3 is 0 Å². The molecular weight excluding hydrogens is 353 g/mol. The van der Waals surface area contributed by atoms with Gasteiger partial charge in [-0.15, -0.1) is 31.4 Å². The van der Waals surface area contributed by atoms with E-state index in [0.29, 0.717) is 6.42 Å². The maximum absolute atomic E-state index is 14.2. The molecule has 0 saturated carbocycles. The maximum atomic E-state index is 14.2. The highest BCUT2D eigenvalue weighted by atomic mass is 35.5. The van der Waals surface area contributed by atoms with Crippen molar-refractivity contribution in [2.75, 3.05) is 26.2 Å². The molecule has 2 rings (SSSR count). The zero-order valence-corrected chi connectivity index (χ0v) is 14.8. The minimum atomic E-state index is -0.584. The average Bonchev–Trinajstić information content (AvgIpc) is 2.37. The van der Waals surface area contributed by atoms with Gasteiger partial charge in [0.1, 0.15) is 11.6 Å². The van der Waals surface area contributed by atoms with Crippen LogP contribution in [0.15, 0.2) is 24.3 Å². The Kier molecular flexibility index (Phi) is 9.51. The second kappa shape index (κ2) is 9.68. The summed E-state index contributed by atoms with van der Waals surface area (Å²) in [6.45, 7) is 8.93. The fourth-order valence-electron chi connectivity index (χ4n) is 2.61. The number of hydrogen-bond acceptors (Lipinski definition) is 2. The Hall–Kier alpha value is -0.390. The van der Waals surface area contributed by atoms with Crippen molar-refractivity contribution in [3.63, 3.8) is 0 Å². The van der Waals surface area contributed by atoms with Crippen molar-refractivity contribution < 1.29 is 8.78 Å². The standard InChI is InChI=1S/C15H19ClF2N2.2ClH/c1-10(2)7-14(20-5-3-19-4-6-20)15-12(17)8-11(16)9-13(15)18;;/h8-9,14,19H,1,3-7H2,2H3;2*1H/t14-;;/m0../s1. The highest BCUT2D eigenvalue weighted by Crippen LogP contribution is 2.32. The van der Waals surface area contributed by atoms with Crippen molar-refractivity contribution in [2.45, 2.75) is 19.4 Å². The van der Waals surface area contributed by atoms with E-state index < -0.39 is 11.6 Å². The minimum Gasteiger partial charge on any atom is -0.314 e. The van der Waals surface area contributed by atoms with E-state index in [1.807, 2.05) is 6.92 Å². The van der Waals surface area contributed by atoms with Crippen LogP contribution < -0.4 is 5.32 Å². The van der Waals surface area contributed by atoms with E-state index in [0.717, 1.165) is 31.8 Å². The van der Waals surface area contributed by atoms with E-state index in [1.165, 1.54) is 12.1 Å². The van der Waals surface area contributed by atoms with E-state index in [-0.39, 0.29) is 41.4 Å². The van der Waals surface area contributed by atoms with Gasteiger partial charge in [0, 0.05) is 42.8 Å². The molecule has 22 heavy (non-hydrogen) atoms. The maximum Gasteiger partial charge on any atom is 0.132 e. The van der Waals surface area contributed by atoms with Crippen LogP contribution in [0, 0.1) is 11.6 Å². The molecule has 1 N–H and O–H groups in total. The van der Waals surface area contributed by atoms with Crippen molar-refractivity contribution >= 4 is 36.4 Å². The first-order valence-corrected chi connectivity index (χ1v) is 7.10. The predicted molar refractivity (Wildman–Crippen MR) is 92.5 cm³/mol. The summed E-state index contributed by atoms with van der Waals surface area (Å²) in [4.78, 5) is 2.10. The van der Waals surface area contributed by atoms with Gasteiger partial charge < -0.3 is 5.32 Å². The Morgan fingerprint density at radius 1 is 1.27 bits per heavy atom. The molecule has 0 radical (unpaired) electrons. The third kappa shape index (κ3) is 5.36. The zero-order valence-electron chi connectivity index (χ0n) is 12.4. The molecule has 0 unspecified atom stereocenters. The summed E-state index contributed by atoms with van der Waals surface area (Å²) < 4.78 is 28.3. The number of nitrogens with one attached hydrogen (secondary N) is 1. The molecule has 0 aliphatic carbocycles. The third-order valence-electron chi connectivity index (χ3n) is 3.51. The number of piperazine rings is 1. The topological polar surface area (TPSA) is 15.3 Å². The average molecular weight is 374 g/mol. The molecule has 1 aromatic rings. The molecule has 0 amide bonds. The summed E-state index contributed by atoms with van der Waals surface area (Å²) in [5.41, 5.74) is 1.00. The summed E-state index contributed by atoms with van der Waals surface area (Å²) >= 11 is 5.70. The van der Waals surface area contributed by atoms with E-state index in [2.05, 4.69) is 16.8 Å². The van der Waals surface area contributed by atoms with Gasteiger partial charge in [0.15, 0.2) is 0 Å². The van der Waals surface area contributed by atoms with Crippen molar-refractivity contribution in [3.8, 4) is 0 Å². The number of benzene rings is 1. The summed E-state index contributed by atoms with van der Waals surface area (Å²) in [5, 5.41) is 3.32. The summed E-state index contributed by atoms with van der Waals surface area (Å²) in [6.07, 6.45) is 0.537. The van der Waals surface area contributed by atoms with Crippen LogP contribution in [-0.2, 0) is 0 Å². The molecule has 1 atom stereocenters. The zero-order chi connectivity index (χ0) is 14.7. The molecule has 1 aliphatic heterocycles. The highest BCUT2D eigenvalue weighted by Gasteiger charge is 2.27. The fourth-order valence-corrected chi connectivity index (χ4v) is 2.80. The Morgan fingerprint density at radius 2 is 1.77 bits per heavy atom. The quantitative estimate of drug-likeness (QED) is 0.788. The largest absolute Gasteiger partial charge is 0.314 e. The Labute approximate surface area is 147 Å². The second-order valence-electron chi connectivity index (χ2n) is 5.25. The van der Waals surface area contributed by atoms with Gasteiger partial charge in [0.05, 0.1) is 0 Å². The summed E-state index contributed by atoms with van der Waals surface area (Å²) in [5.74, 6) is -1.17. The Morgan fingerprint density at radius 3 is 2.23 bits per heavy atom. The SMILES string of the molecule is C=C(C)C[C@@H](c1c(F)cc(Cl)cc1F)N1CCNCC1.Cl.Cl. The van der Waals surface area contributed by atoms with Crippen LogP contribution in [0.25, 0.3) is 0 Å².